The molecule has 13 heavy (non-hydrogen) atoms. The average Bonchev–Trinajstić information content (AvgIpc) is 2.31. The molecule has 0 unspecified atom stereocenters. The Balaban J connectivity index is 2.90. The summed E-state index contributed by atoms with van der Waals surface area (Å²) in [4.78, 5) is 0. The predicted molar refractivity (Wildman–Crippen MR) is 54.5 cm³/mol. The molecule has 0 bridgehead atoms. The highest BCUT2D eigenvalue weighted by atomic mass is 15.4. The van der Waals surface area contributed by atoms with Gasteiger partial charge in [-0.1, -0.05) is 13.8 Å². The zero-order chi connectivity index (χ0) is 10.1. The van der Waals surface area contributed by atoms with Crippen molar-refractivity contribution >= 4 is 0 Å². The molecule has 0 saturated heterocycles. The van der Waals surface area contributed by atoms with Gasteiger partial charge in [-0.25, -0.2) is 0 Å². The van der Waals surface area contributed by atoms with Crippen molar-refractivity contribution in [1.29, 1.82) is 0 Å². The van der Waals surface area contributed by atoms with Gasteiger partial charge in [0, 0.05) is 26.8 Å². The van der Waals surface area contributed by atoms with Crippen LogP contribution in [0.2, 0.25) is 0 Å². The summed E-state index contributed by atoms with van der Waals surface area (Å²) in [6.07, 6.45) is 4.29. The third-order valence-corrected chi connectivity index (χ3v) is 2.00. The van der Waals surface area contributed by atoms with E-state index in [0.29, 0.717) is 5.92 Å². The van der Waals surface area contributed by atoms with E-state index in [1.165, 1.54) is 0 Å². The second-order valence-electron chi connectivity index (χ2n) is 5.02. The van der Waals surface area contributed by atoms with Crippen LogP contribution in [0.4, 0.5) is 0 Å². The molecule has 0 radical (unpaired) electrons. The highest BCUT2D eigenvalue weighted by Gasteiger charge is 2.25. The van der Waals surface area contributed by atoms with Gasteiger partial charge in [0.25, 0.3) is 0 Å². The van der Waals surface area contributed by atoms with Gasteiger partial charge >= 0.3 is 0 Å². The van der Waals surface area contributed by atoms with E-state index >= 15 is 0 Å². The zero-order valence-electron chi connectivity index (χ0n) is 9.41. The minimum atomic E-state index is 0.179. The second-order valence-corrected chi connectivity index (χ2v) is 5.02. The lowest BCUT2D eigenvalue weighted by Crippen LogP contribution is -2.56. The van der Waals surface area contributed by atoms with Gasteiger partial charge in [0.05, 0.1) is 12.7 Å². The summed E-state index contributed by atoms with van der Waals surface area (Å²) in [5.41, 5.74) is 0.179. The highest BCUT2D eigenvalue weighted by Crippen LogP contribution is 2.05. The number of hydrogen-bond donors (Lipinski definition) is 0. The fraction of sp³-hybridized carbons (Fsp3) is 0.727. The minimum absolute atomic E-state index is 0.179. The second kappa shape index (κ2) is 3.52. The van der Waals surface area contributed by atoms with Crippen LogP contribution in [0.3, 0.4) is 0 Å². The molecule has 1 heterocycles. The molecule has 0 saturated carbocycles. The quantitative estimate of drug-likeness (QED) is 0.618. The molecule has 0 aromatic carbocycles. The first-order valence-corrected chi connectivity index (χ1v) is 4.99. The van der Waals surface area contributed by atoms with E-state index in [9.17, 15) is 0 Å². The monoisotopic (exact) mass is 181 g/mol. The van der Waals surface area contributed by atoms with E-state index in [1.54, 1.807) is 0 Å². The molecule has 2 heteroatoms. The van der Waals surface area contributed by atoms with Crippen LogP contribution < -0.4 is 4.68 Å². The summed E-state index contributed by atoms with van der Waals surface area (Å²) in [7, 11) is 0. The van der Waals surface area contributed by atoms with Gasteiger partial charge in [0.1, 0.15) is 0 Å². The number of aromatic nitrogens is 2. The summed E-state index contributed by atoms with van der Waals surface area (Å²) < 4.78 is 4.57. The lowest BCUT2D eigenvalue weighted by molar-refractivity contribution is -0.825. The van der Waals surface area contributed by atoms with E-state index in [2.05, 4.69) is 62.4 Å². The first kappa shape index (κ1) is 10.3. The Morgan fingerprint density at radius 3 is 2.38 bits per heavy atom. The Bertz CT molecular complexity index is 266. The SMILES string of the molecule is CC(C)Cn1ccc[n+]1C(C)(C)C. The van der Waals surface area contributed by atoms with Gasteiger partial charge in [-0.05, 0) is 5.92 Å². The Labute approximate surface area is 81.2 Å². The van der Waals surface area contributed by atoms with Crippen LogP contribution >= 0.6 is 0 Å². The van der Waals surface area contributed by atoms with Gasteiger partial charge in [-0.15, -0.1) is 4.68 Å². The Morgan fingerprint density at radius 2 is 1.92 bits per heavy atom. The van der Waals surface area contributed by atoms with Crippen LogP contribution in [0.25, 0.3) is 0 Å². The van der Waals surface area contributed by atoms with E-state index in [0.717, 1.165) is 6.54 Å². The van der Waals surface area contributed by atoms with Gasteiger partial charge in [-0.2, -0.15) is 4.68 Å². The number of nitrogens with zero attached hydrogens (tertiary/aromatic N) is 2. The van der Waals surface area contributed by atoms with Gasteiger partial charge in [0.2, 0.25) is 0 Å². The Kier molecular flexibility index (Phi) is 2.79. The maximum Gasteiger partial charge on any atom is 0.196 e. The fourth-order valence-electron chi connectivity index (χ4n) is 1.51. The van der Waals surface area contributed by atoms with Crippen molar-refractivity contribution in [1.82, 2.24) is 4.68 Å². The normalized spacial score (nSPS) is 12.5. The first-order valence-electron chi connectivity index (χ1n) is 4.99. The van der Waals surface area contributed by atoms with Crippen molar-refractivity contribution in [3.05, 3.63) is 18.5 Å². The molecule has 0 amide bonds. The Morgan fingerprint density at radius 1 is 1.31 bits per heavy atom. The maximum atomic E-state index is 2.28. The molecule has 0 spiro atoms. The van der Waals surface area contributed by atoms with Crippen molar-refractivity contribution in [2.75, 3.05) is 0 Å². The first-order chi connectivity index (χ1) is 5.91. The molecule has 1 aromatic rings. The van der Waals surface area contributed by atoms with Crippen molar-refractivity contribution in [2.45, 2.75) is 46.7 Å². The molecular formula is C11H21N2+. The van der Waals surface area contributed by atoms with E-state index in [1.807, 2.05) is 0 Å². The van der Waals surface area contributed by atoms with Crippen molar-refractivity contribution in [2.24, 2.45) is 5.92 Å². The summed E-state index contributed by atoms with van der Waals surface area (Å²) in [6, 6.07) is 2.10. The molecule has 0 atom stereocenters. The Hall–Kier alpha value is -0.790. The summed E-state index contributed by atoms with van der Waals surface area (Å²) in [5.74, 6) is 0.695. The van der Waals surface area contributed by atoms with Crippen LogP contribution in [0.1, 0.15) is 34.6 Å². The molecule has 2 nitrogen and oxygen atoms in total. The highest BCUT2D eigenvalue weighted by molar-refractivity contribution is 4.73. The zero-order valence-corrected chi connectivity index (χ0v) is 9.41. The van der Waals surface area contributed by atoms with Crippen LogP contribution in [-0.2, 0) is 12.1 Å². The molecule has 74 valence electrons. The standard InChI is InChI=1S/C11H21N2/c1-10(2)9-12-7-6-8-13(12)11(3,4)5/h6-8,10H,9H2,1-5H3/q+1. The molecule has 0 aliphatic rings. The fourth-order valence-corrected chi connectivity index (χ4v) is 1.51. The number of hydrogen-bond acceptors (Lipinski definition) is 0. The molecule has 0 aliphatic carbocycles. The third kappa shape index (κ3) is 2.58. The van der Waals surface area contributed by atoms with Gasteiger partial charge < -0.3 is 0 Å². The minimum Gasteiger partial charge on any atom is -0.160 e. The van der Waals surface area contributed by atoms with Crippen LogP contribution in [0.15, 0.2) is 18.5 Å². The molecule has 1 rings (SSSR count). The van der Waals surface area contributed by atoms with E-state index in [4.69, 9.17) is 0 Å². The summed E-state index contributed by atoms with van der Waals surface area (Å²) in [6.45, 7) is 12.3. The van der Waals surface area contributed by atoms with Crippen molar-refractivity contribution < 1.29 is 4.68 Å². The lowest BCUT2D eigenvalue weighted by Gasteiger charge is -2.15. The van der Waals surface area contributed by atoms with Gasteiger partial charge in [-0.3, -0.25) is 0 Å². The molecule has 0 N–H and O–H groups in total. The maximum absolute atomic E-state index is 2.28. The van der Waals surface area contributed by atoms with Crippen molar-refractivity contribution in [3.8, 4) is 0 Å². The molecule has 0 fully saturated rings. The van der Waals surface area contributed by atoms with E-state index in [-0.39, 0.29) is 5.54 Å². The van der Waals surface area contributed by atoms with Crippen LogP contribution in [0, 0.1) is 5.92 Å². The predicted octanol–water partition coefficient (Wildman–Crippen LogP) is 2.19. The van der Waals surface area contributed by atoms with Crippen LogP contribution in [-0.4, -0.2) is 4.68 Å². The van der Waals surface area contributed by atoms with Gasteiger partial charge in [0.15, 0.2) is 11.7 Å². The smallest absolute Gasteiger partial charge is 0.160 e. The molecule has 1 aromatic heterocycles. The topological polar surface area (TPSA) is 8.81 Å². The van der Waals surface area contributed by atoms with Crippen molar-refractivity contribution in [3.63, 3.8) is 0 Å². The largest absolute Gasteiger partial charge is 0.196 e. The molecule has 0 aliphatic heterocycles. The van der Waals surface area contributed by atoms with E-state index < -0.39 is 0 Å². The van der Waals surface area contributed by atoms with Crippen LogP contribution in [0.5, 0.6) is 0 Å². The summed E-state index contributed by atoms with van der Waals surface area (Å²) >= 11 is 0. The third-order valence-electron chi connectivity index (χ3n) is 2.00. The molecular weight excluding hydrogens is 160 g/mol. The summed E-state index contributed by atoms with van der Waals surface area (Å²) in [5, 5.41) is 0. The number of rotatable bonds is 2. The average molecular weight is 181 g/mol. The lowest BCUT2D eigenvalue weighted by atomic mass is 10.1.